The number of aliphatic hydroxyl groups is 6. The van der Waals surface area contributed by atoms with Gasteiger partial charge in [0.2, 0.25) is 0 Å². The molecule has 334 valence electrons. The Hall–Kier alpha value is -5.43. The fourth-order valence-corrected chi connectivity index (χ4v) is 7.74. The number of aliphatic hydroxyl groups excluding tert-OH is 6. The molecule has 64 heavy (non-hydrogen) atoms. The topological polar surface area (TPSA) is 169 Å². The summed E-state index contributed by atoms with van der Waals surface area (Å²) in [6.07, 6.45) is 9.88. The molecule has 1 aliphatic heterocycles. The van der Waals surface area contributed by atoms with Gasteiger partial charge in [0.15, 0.2) is 6.29 Å². The number of nitrogens with one attached hydrogen (secondary N) is 1. The highest BCUT2D eigenvalue weighted by Crippen LogP contribution is 2.30. The minimum atomic E-state index is -1.64. The van der Waals surface area contributed by atoms with Crippen molar-refractivity contribution in [1.82, 2.24) is 5.32 Å². The summed E-state index contributed by atoms with van der Waals surface area (Å²) in [4.78, 5) is 12.8. The van der Waals surface area contributed by atoms with E-state index in [1.165, 1.54) is 73.0 Å². The van der Waals surface area contributed by atoms with Crippen molar-refractivity contribution < 1.29 is 44.9 Å². The molecule has 0 aromatic carbocycles. The standard InChI is InChI=1S/C52H55NO9S2/c1-3-5-7-9-11-13-15-17-18-19-20-21-22-23-24-25-26-28-30-32-34-36-39-47(56)53-44(48(57)45(55)38-35-33-31-29-27-16-14-12-10-8-6-4-2)42-61-52-51(60)50(59)49(58)46(62-52)43-64-63-41-37-40-54/h1,44-46,48-52,54-55,57-60H,4,6,8,10,12,14,16,27,29,31,33,35,37-38,40-43H2,2H3,(H,53,56)/t44-,45+,46?,48-,49-,50-,51?,52-/m0/s1. The van der Waals surface area contributed by atoms with Gasteiger partial charge in [0, 0.05) is 59.6 Å². The minimum Gasteiger partial charge on any atom is -0.396 e. The van der Waals surface area contributed by atoms with E-state index in [-0.39, 0.29) is 18.8 Å². The fraction of sp³-hybridized carbons (Fsp3) is 0.519. The van der Waals surface area contributed by atoms with Crippen LogP contribution in [0.3, 0.4) is 0 Å². The highest BCUT2D eigenvalue weighted by Gasteiger charge is 2.44. The van der Waals surface area contributed by atoms with Crippen LogP contribution in [0.15, 0.2) is 0 Å². The Morgan fingerprint density at radius 2 is 1.08 bits per heavy atom. The van der Waals surface area contributed by atoms with Crippen molar-refractivity contribution in [2.75, 3.05) is 24.7 Å². The molecular weight excluding hydrogens is 847 g/mol. The molecule has 0 bridgehead atoms. The van der Waals surface area contributed by atoms with E-state index < -0.39 is 61.5 Å². The largest absolute Gasteiger partial charge is 0.396 e. The molecule has 1 heterocycles. The molecule has 7 N–H and O–H groups in total. The molecule has 0 spiro atoms. The first kappa shape index (κ1) is 56.6. The first-order chi connectivity index (χ1) is 31.3. The minimum absolute atomic E-state index is 0.0478. The molecule has 1 saturated heterocycles. The number of terminal acetylenes is 1. The van der Waals surface area contributed by atoms with Gasteiger partial charge in [0.25, 0.3) is 5.91 Å². The van der Waals surface area contributed by atoms with Gasteiger partial charge in [0.05, 0.1) is 24.9 Å². The van der Waals surface area contributed by atoms with Crippen LogP contribution >= 0.6 is 21.6 Å². The summed E-state index contributed by atoms with van der Waals surface area (Å²) in [5.41, 5.74) is 0. The summed E-state index contributed by atoms with van der Waals surface area (Å²) in [5.74, 6) is 56.0. The number of unbranched alkanes of at least 4 members (excludes halogenated alkanes) is 11. The summed E-state index contributed by atoms with van der Waals surface area (Å²) in [6, 6.07) is -1.21. The van der Waals surface area contributed by atoms with Crippen LogP contribution in [0, 0.1) is 143 Å². The van der Waals surface area contributed by atoms with E-state index in [2.05, 4.69) is 148 Å². The van der Waals surface area contributed by atoms with Crippen molar-refractivity contribution in [3.05, 3.63) is 0 Å². The Bertz CT molecular complexity index is 2190. The third-order valence-corrected chi connectivity index (χ3v) is 11.3. The number of amides is 1. The molecule has 0 radical (unpaired) electrons. The summed E-state index contributed by atoms with van der Waals surface area (Å²) in [7, 11) is 2.83. The molecule has 0 aromatic rings. The third kappa shape index (κ3) is 29.8. The molecule has 1 aliphatic rings. The van der Waals surface area contributed by atoms with Crippen LogP contribution in [0.2, 0.25) is 0 Å². The zero-order valence-corrected chi connectivity index (χ0v) is 37.8. The van der Waals surface area contributed by atoms with Gasteiger partial charge in [-0.25, -0.2) is 0 Å². The first-order valence-electron chi connectivity index (χ1n) is 21.1. The van der Waals surface area contributed by atoms with Gasteiger partial charge in [-0.1, -0.05) is 106 Å². The van der Waals surface area contributed by atoms with Crippen LogP contribution < -0.4 is 5.32 Å². The van der Waals surface area contributed by atoms with Crippen molar-refractivity contribution in [2.24, 2.45) is 0 Å². The van der Waals surface area contributed by atoms with Gasteiger partial charge >= 0.3 is 0 Å². The highest BCUT2D eigenvalue weighted by atomic mass is 33.1. The van der Waals surface area contributed by atoms with Crippen molar-refractivity contribution in [2.45, 2.75) is 146 Å². The first-order valence-corrected chi connectivity index (χ1v) is 23.5. The quantitative estimate of drug-likeness (QED) is 0.0409. The maximum absolute atomic E-state index is 12.8. The van der Waals surface area contributed by atoms with Gasteiger partial charge in [-0.05, 0) is 108 Å². The van der Waals surface area contributed by atoms with Crippen molar-refractivity contribution in [3.8, 4) is 143 Å². The molecule has 12 heteroatoms. The summed E-state index contributed by atoms with van der Waals surface area (Å²) < 4.78 is 11.6. The van der Waals surface area contributed by atoms with Crippen LogP contribution in [-0.2, 0) is 14.3 Å². The Labute approximate surface area is 389 Å². The van der Waals surface area contributed by atoms with Gasteiger partial charge in [-0.15, -0.1) is 6.42 Å². The fourth-order valence-electron chi connectivity index (χ4n) is 5.47. The molecule has 0 aliphatic carbocycles. The molecular formula is C52H55NO9S2. The van der Waals surface area contributed by atoms with Crippen LogP contribution in [0.25, 0.3) is 0 Å². The monoisotopic (exact) mass is 901 g/mol. The summed E-state index contributed by atoms with van der Waals surface area (Å²) >= 11 is 0. The number of carbonyl (C=O) groups is 1. The second-order valence-electron chi connectivity index (χ2n) is 13.7. The van der Waals surface area contributed by atoms with E-state index in [9.17, 15) is 30.3 Å². The lowest BCUT2D eigenvalue weighted by Crippen LogP contribution is -2.60. The van der Waals surface area contributed by atoms with Gasteiger partial charge in [0.1, 0.15) is 24.4 Å². The SMILES string of the molecule is C#CC#CC#CC#CC#CC#CC#CC#CC#CC#CC#CC#CC(=O)N[C@@H](CO[C@H]1OC(CSSCCCO)[C@H](O)[C@H](O)C1O)[C@H](O)[C@H](O)CCCCCCCCCCCCCC. The molecule has 0 saturated carbocycles. The van der Waals surface area contributed by atoms with Crippen molar-refractivity contribution in [3.63, 3.8) is 0 Å². The molecule has 1 amide bonds. The number of ether oxygens (including phenoxy) is 2. The number of hydrogen-bond donors (Lipinski definition) is 7. The predicted molar refractivity (Wildman–Crippen MR) is 253 cm³/mol. The second kappa shape index (κ2) is 40.4. The van der Waals surface area contributed by atoms with Crippen molar-refractivity contribution in [1.29, 1.82) is 0 Å². The Balaban J connectivity index is 2.84. The Morgan fingerprint density at radius 3 is 1.55 bits per heavy atom. The summed E-state index contributed by atoms with van der Waals surface area (Å²) in [6.45, 7) is 1.82. The third-order valence-electron chi connectivity index (χ3n) is 8.78. The van der Waals surface area contributed by atoms with Gasteiger partial charge in [-0.2, -0.15) is 0 Å². The van der Waals surface area contributed by atoms with E-state index >= 15 is 0 Å². The lowest BCUT2D eigenvalue weighted by Gasteiger charge is -2.40. The molecule has 8 atom stereocenters. The summed E-state index contributed by atoms with van der Waals surface area (Å²) in [5, 5.41) is 65.3. The second-order valence-corrected chi connectivity index (χ2v) is 16.4. The number of hydrogen-bond acceptors (Lipinski definition) is 11. The predicted octanol–water partition coefficient (Wildman–Crippen LogP) is 2.54. The average Bonchev–Trinajstić information content (AvgIpc) is 3.29. The average molecular weight is 902 g/mol. The number of rotatable bonds is 25. The lowest BCUT2D eigenvalue weighted by molar-refractivity contribution is -0.294. The maximum Gasteiger partial charge on any atom is 0.297 e. The van der Waals surface area contributed by atoms with E-state index in [0.29, 0.717) is 18.6 Å². The molecule has 10 nitrogen and oxygen atoms in total. The molecule has 0 aromatic heterocycles. The maximum atomic E-state index is 12.8. The van der Waals surface area contributed by atoms with Gasteiger partial charge < -0.3 is 45.4 Å². The van der Waals surface area contributed by atoms with E-state index in [0.717, 1.165) is 19.3 Å². The van der Waals surface area contributed by atoms with E-state index in [4.69, 9.17) is 21.0 Å². The smallest absolute Gasteiger partial charge is 0.297 e. The van der Waals surface area contributed by atoms with Crippen LogP contribution in [0.4, 0.5) is 0 Å². The zero-order valence-electron chi connectivity index (χ0n) is 36.1. The highest BCUT2D eigenvalue weighted by molar-refractivity contribution is 8.76. The molecule has 2 unspecified atom stereocenters. The van der Waals surface area contributed by atoms with Crippen LogP contribution in [0.5, 0.6) is 0 Å². The zero-order chi connectivity index (χ0) is 46.7. The molecule has 1 rings (SSSR count). The van der Waals surface area contributed by atoms with Gasteiger partial charge in [-0.3, -0.25) is 4.79 Å². The van der Waals surface area contributed by atoms with Crippen molar-refractivity contribution >= 4 is 27.5 Å². The Morgan fingerprint density at radius 1 is 0.625 bits per heavy atom. The van der Waals surface area contributed by atoms with E-state index in [1.807, 2.05) is 0 Å². The number of carbonyl (C=O) groups excluding carboxylic acids is 1. The Kier molecular flexibility index (Phi) is 35.7. The lowest BCUT2D eigenvalue weighted by atomic mass is 9.98. The van der Waals surface area contributed by atoms with Crippen LogP contribution in [-0.4, -0.2) is 110 Å². The van der Waals surface area contributed by atoms with E-state index in [1.54, 1.807) is 0 Å². The van der Waals surface area contributed by atoms with Crippen LogP contribution in [0.1, 0.15) is 96.8 Å². The molecule has 1 fully saturated rings. The normalized spacial score (nSPS) is 17.5.